The van der Waals surface area contributed by atoms with Crippen molar-refractivity contribution >= 4 is 11.5 Å². The second-order valence-corrected chi connectivity index (χ2v) is 3.60. The molecule has 0 fully saturated rings. The minimum absolute atomic E-state index is 0.222. The smallest absolute Gasteiger partial charge is 0.406 e. The Hall–Kier alpha value is -2.82. The number of hydrogen-bond donors (Lipinski definition) is 1. The van der Waals surface area contributed by atoms with Crippen molar-refractivity contribution in [1.82, 2.24) is 10.2 Å². The molecule has 0 saturated heterocycles. The molecule has 5 nitrogen and oxygen atoms in total. The van der Waals surface area contributed by atoms with Crippen LogP contribution >= 0.6 is 0 Å². The SMILES string of the molecule is N#Cc1ccnnc1Nc1ccc(OC(F)(F)F)cc1. The molecule has 1 aromatic carbocycles. The zero-order chi connectivity index (χ0) is 14.6. The van der Waals surface area contributed by atoms with Gasteiger partial charge in [0, 0.05) is 5.69 Å². The lowest BCUT2D eigenvalue weighted by molar-refractivity contribution is -0.274. The molecule has 0 aliphatic rings. The average Bonchev–Trinajstić information content (AvgIpc) is 2.40. The summed E-state index contributed by atoms with van der Waals surface area (Å²) in [5.74, 6) is -0.109. The monoisotopic (exact) mass is 280 g/mol. The zero-order valence-corrected chi connectivity index (χ0v) is 9.85. The van der Waals surface area contributed by atoms with Crippen molar-refractivity contribution in [2.24, 2.45) is 0 Å². The Balaban J connectivity index is 2.13. The van der Waals surface area contributed by atoms with E-state index in [9.17, 15) is 13.2 Å². The molecule has 0 aliphatic heterocycles. The van der Waals surface area contributed by atoms with Gasteiger partial charge in [0.05, 0.1) is 11.8 Å². The first-order valence-electron chi connectivity index (χ1n) is 5.32. The molecule has 20 heavy (non-hydrogen) atoms. The summed E-state index contributed by atoms with van der Waals surface area (Å²) in [7, 11) is 0. The Bertz CT molecular complexity index is 634. The lowest BCUT2D eigenvalue weighted by Gasteiger charge is -2.10. The summed E-state index contributed by atoms with van der Waals surface area (Å²) in [6, 6.07) is 8.43. The Kier molecular flexibility index (Phi) is 3.70. The topological polar surface area (TPSA) is 70.8 Å². The minimum atomic E-state index is -4.73. The maximum absolute atomic E-state index is 12.0. The van der Waals surface area contributed by atoms with E-state index in [0.29, 0.717) is 5.69 Å². The summed E-state index contributed by atoms with van der Waals surface area (Å²) in [4.78, 5) is 0. The highest BCUT2D eigenvalue weighted by Gasteiger charge is 2.30. The van der Waals surface area contributed by atoms with Crippen LogP contribution in [0.15, 0.2) is 36.5 Å². The fraction of sp³-hybridized carbons (Fsp3) is 0.0833. The number of benzene rings is 1. The molecule has 0 bridgehead atoms. The predicted molar refractivity (Wildman–Crippen MR) is 63.2 cm³/mol. The van der Waals surface area contributed by atoms with Crippen LogP contribution in [0.5, 0.6) is 5.75 Å². The highest BCUT2D eigenvalue weighted by Crippen LogP contribution is 2.25. The predicted octanol–water partition coefficient (Wildman–Crippen LogP) is 2.99. The largest absolute Gasteiger partial charge is 0.573 e. The molecule has 0 amide bonds. The van der Waals surface area contributed by atoms with Gasteiger partial charge in [-0.25, -0.2) is 0 Å². The van der Waals surface area contributed by atoms with E-state index in [4.69, 9.17) is 5.26 Å². The second-order valence-electron chi connectivity index (χ2n) is 3.60. The summed E-state index contributed by atoms with van der Waals surface area (Å²) in [6.07, 6.45) is -3.36. The zero-order valence-electron chi connectivity index (χ0n) is 9.85. The number of aromatic nitrogens is 2. The Morgan fingerprint density at radius 2 is 1.85 bits per heavy atom. The number of nitriles is 1. The molecule has 0 radical (unpaired) electrons. The van der Waals surface area contributed by atoms with Gasteiger partial charge in [-0.2, -0.15) is 10.4 Å². The van der Waals surface area contributed by atoms with Crippen molar-refractivity contribution in [2.75, 3.05) is 5.32 Å². The fourth-order valence-electron chi connectivity index (χ4n) is 1.39. The molecular formula is C12H7F3N4O. The van der Waals surface area contributed by atoms with E-state index in [1.165, 1.54) is 24.4 Å². The molecule has 102 valence electrons. The van der Waals surface area contributed by atoms with Crippen molar-refractivity contribution in [2.45, 2.75) is 6.36 Å². The van der Waals surface area contributed by atoms with Crippen molar-refractivity contribution in [3.8, 4) is 11.8 Å². The van der Waals surface area contributed by atoms with Crippen LogP contribution in [0.2, 0.25) is 0 Å². The molecular weight excluding hydrogens is 273 g/mol. The van der Waals surface area contributed by atoms with Crippen LogP contribution in [0.3, 0.4) is 0 Å². The third-order valence-electron chi connectivity index (χ3n) is 2.19. The molecule has 8 heteroatoms. The Labute approximate surface area is 111 Å². The number of nitrogens with one attached hydrogen (secondary N) is 1. The standard InChI is InChI=1S/C12H7F3N4O/c13-12(14,15)20-10-3-1-9(2-4-10)18-11-8(7-16)5-6-17-19-11/h1-6H,(H,18,19). The number of ether oxygens (including phenoxy) is 1. The minimum Gasteiger partial charge on any atom is -0.406 e. The van der Waals surface area contributed by atoms with Crippen LogP contribution in [0.1, 0.15) is 5.56 Å². The molecule has 2 aromatic rings. The van der Waals surface area contributed by atoms with Crippen molar-refractivity contribution in [3.63, 3.8) is 0 Å². The number of hydrogen-bond acceptors (Lipinski definition) is 5. The van der Waals surface area contributed by atoms with E-state index < -0.39 is 6.36 Å². The number of nitrogens with zero attached hydrogens (tertiary/aromatic N) is 3. The molecule has 1 N–H and O–H groups in total. The van der Waals surface area contributed by atoms with Crippen LogP contribution in [0.25, 0.3) is 0 Å². The Morgan fingerprint density at radius 3 is 2.45 bits per heavy atom. The highest BCUT2D eigenvalue weighted by molar-refractivity contribution is 5.62. The second kappa shape index (κ2) is 5.44. The summed E-state index contributed by atoms with van der Waals surface area (Å²) in [6.45, 7) is 0. The molecule has 2 rings (SSSR count). The van der Waals surface area contributed by atoms with E-state index >= 15 is 0 Å². The fourth-order valence-corrected chi connectivity index (χ4v) is 1.39. The van der Waals surface area contributed by atoms with Gasteiger partial charge in [-0.05, 0) is 30.3 Å². The summed E-state index contributed by atoms with van der Waals surface area (Å²) in [5, 5.41) is 19.0. The van der Waals surface area contributed by atoms with E-state index in [0.717, 1.165) is 12.1 Å². The molecule has 1 aromatic heterocycles. The lowest BCUT2D eigenvalue weighted by Crippen LogP contribution is -2.17. The van der Waals surface area contributed by atoms with Gasteiger partial charge >= 0.3 is 6.36 Å². The first-order chi connectivity index (χ1) is 9.48. The van der Waals surface area contributed by atoms with Crippen LogP contribution in [-0.2, 0) is 0 Å². The van der Waals surface area contributed by atoms with Crippen LogP contribution in [0, 0.1) is 11.3 Å². The van der Waals surface area contributed by atoms with Gasteiger partial charge in [0.15, 0.2) is 5.82 Å². The molecule has 0 saturated carbocycles. The van der Waals surface area contributed by atoms with E-state index in [1.807, 2.05) is 6.07 Å². The molecule has 1 heterocycles. The van der Waals surface area contributed by atoms with Crippen LogP contribution in [-0.4, -0.2) is 16.6 Å². The van der Waals surface area contributed by atoms with Gasteiger partial charge in [0.1, 0.15) is 11.8 Å². The van der Waals surface area contributed by atoms with Gasteiger partial charge in [0.25, 0.3) is 0 Å². The van der Waals surface area contributed by atoms with Gasteiger partial charge in [-0.15, -0.1) is 18.3 Å². The normalized spacial score (nSPS) is 10.7. The van der Waals surface area contributed by atoms with Crippen molar-refractivity contribution < 1.29 is 17.9 Å². The van der Waals surface area contributed by atoms with E-state index in [2.05, 4.69) is 20.3 Å². The van der Waals surface area contributed by atoms with Gasteiger partial charge in [0.2, 0.25) is 0 Å². The molecule has 0 unspecified atom stereocenters. The van der Waals surface area contributed by atoms with Crippen molar-refractivity contribution in [1.29, 1.82) is 5.26 Å². The number of rotatable bonds is 3. The lowest BCUT2D eigenvalue weighted by atomic mass is 10.2. The van der Waals surface area contributed by atoms with Gasteiger partial charge in [-0.3, -0.25) is 0 Å². The quantitative estimate of drug-likeness (QED) is 0.935. The number of halogens is 3. The third-order valence-corrected chi connectivity index (χ3v) is 2.19. The average molecular weight is 280 g/mol. The maximum atomic E-state index is 12.0. The van der Waals surface area contributed by atoms with Crippen LogP contribution in [0.4, 0.5) is 24.7 Å². The van der Waals surface area contributed by atoms with Gasteiger partial charge in [-0.1, -0.05) is 0 Å². The summed E-state index contributed by atoms with van der Waals surface area (Å²) in [5.41, 5.74) is 0.729. The van der Waals surface area contributed by atoms with Gasteiger partial charge < -0.3 is 10.1 Å². The van der Waals surface area contributed by atoms with E-state index in [-0.39, 0.29) is 17.1 Å². The summed E-state index contributed by atoms with van der Waals surface area (Å²) < 4.78 is 39.7. The molecule has 0 atom stereocenters. The van der Waals surface area contributed by atoms with Crippen molar-refractivity contribution in [3.05, 3.63) is 42.1 Å². The summed E-state index contributed by atoms with van der Waals surface area (Å²) >= 11 is 0. The highest BCUT2D eigenvalue weighted by atomic mass is 19.4. The first kappa shape index (κ1) is 13.6. The first-order valence-corrected chi connectivity index (χ1v) is 5.32. The third kappa shape index (κ3) is 3.58. The Morgan fingerprint density at radius 1 is 1.15 bits per heavy atom. The molecule has 0 spiro atoms. The van der Waals surface area contributed by atoms with Crippen LogP contribution < -0.4 is 10.1 Å². The number of anilines is 2. The maximum Gasteiger partial charge on any atom is 0.573 e. The van der Waals surface area contributed by atoms with E-state index in [1.54, 1.807) is 0 Å². The molecule has 0 aliphatic carbocycles. The number of alkyl halides is 3.